The quantitative estimate of drug-likeness (QED) is 0.148. The van der Waals surface area contributed by atoms with E-state index >= 15 is 0 Å². The molecule has 3 heterocycles. The van der Waals surface area contributed by atoms with Gasteiger partial charge in [-0.05, 0) is 43.2 Å². The Balaban J connectivity index is 1.54. The molecule has 242 valence electrons. The topological polar surface area (TPSA) is 188 Å². The number of ether oxygens (including phenoxy) is 4. The van der Waals surface area contributed by atoms with Crippen LogP contribution in [-0.4, -0.2) is 98.6 Å². The van der Waals surface area contributed by atoms with Gasteiger partial charge in [0.15, 0.2) is 11.9 Å². The van der Waals surface area contributed by atoms with Gasteiger partial charge < -0.3 is 49.5 Å². The van der Waals surface area contributed by atoms with Crippen LogP contribution < -0.4 is 10.6 Å². The second-order valence-corrected chi connectivity index (χ2v) is 12.4. The highest BCUT2D eigenvalue weighted by Crippen LogP contribution is 2.54. The molecule has 0 amide bonds. The molecule has 2 aliphatic heterocycles. The van der Waals surface area contributed by atoms with Crippen LogP contribution in [0, 0.1) is 11.8 Å². The van der Waals surface area contributed by atoms with Crippen molar-refractivity contribution in [3.05, 3.63) is 46.6 Å². The number of carboxylic acids is 1. The summed E-state index contributed by atoms with van der Waals surface area (Å²) in [5.74, 6) is -2.57. The molecule has 0 aromatic carbocycles. The Morgan fingerprint density at radius 3 is 2.66 bits per heavy atom. The second-order valence-electron chi connectivity index (χ2n) is 12.4. The Kier molecular flexibility index (Phi) is 9.14. The van der Waals surface area contributed by atoms with Crippen LogP contribution in [-0.2, 0) is 28.5 Å². The highest BCUT2D eigenvalue weighted by molar-refractivity contribution is 5.90. The fourth-order valence-corrected chi connectivity index (χ4v) is 7.38. The SMILES string of the molecule is C=C[C@@H]1[C@H](CC(=O)O)C(C(=O)OC)=CC[C@H]1O[C@@H]1O[C@H](CO)[C@]23OC(CCCO)=c4[nH]c(C(C)C)cc4=C2CC[C@@]1(O)[C@H]3O. The molecule has 0 unspecified atom stereocenters. The minimum atomic E-state index is -1.97. The monoisotopic (exact) mass is 617 g/mol. The number of methoxy groups -OCH3 is 1. The third kappa shape index (κ3) is 5.11. The molecule has 1 aromatic heterocycles. The lowest BCUT2D eigenvalue weighted by atomic mass is 9.63. The smallest absolute Gasteiger partial charge is 0.333 e. The van der Waals surface area contributed by atoms with Crippen LogP contribution in [0.1, 0.15) is 64.0 Å². The molecule has 0 radical (unpaired) electrons. The predicted molar refractivity (Wildman–Crippen MR) is 156 cm³/mol. The van der Waals surface area contributed by atoms with E-state index in [9.17, 15) is 35.1 Å². The van der Waals surface area contributed by atoms with Crippen molar-refractivity contribution in [2.45, 2.75) is 94.1 Å². The number of fused-ring (bicyclic) bond motifs is 2. The van der Waals surface area contributed by atoms with Crippen molar-refractivity contribution < 1.29 is 54.1 Å². The summed E-state index contributed by atoms with van der Waals surface area (Å²) in [6, 6.07) is 2.01. The molecule has 1 saturated heterocycles. The fourth-order valence-electron chi connectivity index (χ4n) is 7.38. The minimum absolute atomic E-state index is 0.0539. The Hall–Kier alpha value is -3.00. The molecule has 2 fully saturated rings. The van der Waals surface area contributed by atoms with Gasteiger partial charge in [-0.1, -0.05) is 26.0 Å². The van der Waals surface area contributed by atoms with E-state index in [2.05, 4.69) is 25.4 Å². The van der Waals surface area contributed by atoms with Crippen molar-refractivity contribution >= 4 is 23.3 Å². The van der Waals surface area contributed by atoms with Crippen molar-refractivity contribution in [2.24, 2.45) is 11.8 Å². The molecule has 2 aliphatic carbocycles. The Bertz CT molecular complexity index is 1450. The number of aliphatic hydroxyl groups is 4. The highest BCUT2D eigenvalue weighted by Gasteiger charge is 2.70. The number of rotatable bonds is 11. The van der Waals surface area contributed by atoms with Crippen LogP contribution in [0.2, 0.25) is 0 Å². The van der Waals surface area contributed by atoms with Crippen LogP contribution in [0.4, 0.5) is 0 Å². The third-order valence-electron chi connectivity index (χ3n) is 9.64. The first-order valence-electron chi connectivity index (χ1n) is 15.2. The molecule has 6 N–H and O–H groups in total. The fraction of sp³-hybridized carbons (Fsp3) is 0.625. The van der Waals surface area contributed by atoms with Crippen molar-refractivity contribution in [3.8, 4) is 0 Å². The lowest BCUT2D eigenvalue weighted by molar-refractivity contribution is -0.372. The van der Waals surface area contributed by atoms with E-state index in [1.54, 1.807) is 6.08 Å². The summed E-state index contributed by atoms with van der Waals surface area (Å²) < 4.78 is 24.1. The van der Waals surface area contributed by atoms with Gasteiger partial charge in [0, 0.05) is 41.3 Å². The molecule has 1 aromatic rings. The number of carboxylic acid groups (broad SMARTS) is 1. The number of carbonyl (C=O) groups excluding carboxylic acids is 1. The number of hydrogen-bond acceptors (Lipinski definition) is 10. The summed E-state index contributed by atoms with van der Waals surface area (Å²) in [4.78, 5) is 27.6. The van der Waals surface area contributed by atoms with Gasteiger partial charge >= 0.3 is 11.9 Å². The first-order valence-corrected chi connectivity index (χ1v) is 15.2. The van der Waals surface area contributed by atoms with Crippen molar-refractivity contribution in [1.29, 1.82) is 0 Å². The molecule has 12 heteroatoms. The number of aromatic amines is 1. The maximum absolute atomic E-state index is 12.5. The number of aromatic nitrogens is 1. The number of H-pyrrole nitrogens is 1. The Labute approximate surface area is 255 Å². The Morgan fingerprint density at radius 2 is 2.05 bits per heavy atom. The molecule has 5 rings (SSSR count). The van der Waals surface area contributed by atoms with E-state index < -0.39 is 66.2 Å². The number of nitrogens with one attached hydrogen (secondary N) is 1. The van der Waals surface area contributed by atoms with E-state index in [0.717, 1.165) is 16.3 Å². The molecule has 12 nitrogen and oxygen atoms in total. The first-order chi connectivity index (χ1) is 21.0. The summed E-state index contributed by atoms with van der Waals surface area (Å²) in [7, 11) is 1.22. The molecule has 1 spiro atoms. The molecule has 1 saturated carbocycles. The van der Waals surface area contributed by atoms with Crippen LogP contribution in [0.15, 0.2) is 30.4 Å². The van der Waals surface area contributed by atoms with Gasteiger partial charge in [0.05, 0.1) is 31.6 Å². The molecule has 4 aliphatic rings. The van der Waals surface area contributed by atoms with E-state index in [0.29, 0.717) is 30.6 Å². The van der Waals surface area contributed by atoms with Crippen LogP contribution in [0.5, 0.6) is 0 Å². The minimum Gasteiger partial charge on any atom is -0.481 e. The highest BCUT2D eigenvalue weighted by atomic mass is 16.7. The van der Waals surface area contributed by atoms with E-state index in [1.807, 2.05) is 6.07 Å². The Morgan fingerprint density at radius 1 is 1.30 bits per heavy atom. The summed E-state index contributed by atoms with van der Waals surface area (Å²) in [6.07, 6.45) is -0.932. The van der Waals surface area contributed by atoms with Gasteiger partial charge in [0.25, 0.3) is 0 Å². The van der Waals surface area contributed by atoms with E-state index in [4.69, 9.17) is 18.9 Å². The summed E-state index contributed by atoms with van der Waals surface area (Å²) in [5, 5.41) is 55.6. The maximum Gasteiger partial charge on any atom is 0.333 e. The van der Waals surface area contributed by atoms with Crippen molar-refractivity contribution in [3.63, 3.8) is 0 Å². The second kappa shape index (κ2) is 12.4. The zero-order valence-corrected chi connectivity index (χ0v) is 25.3. The van der Waals surface area contributed by atoms with Gasteiger partial charge in [-0.15, -0.1) is 6.58 Å². The van der Waals surface area contributed by atoms with Crippen LogP contribution >= 0.6 is 0 Å². The normalized spacial score (nSPS) is 34.5. The number of aliphatic hydroxyl groups excluding tert-OH is 3. The molecule has 2 bridgehead atoms. The summed E-state index contributed by atoms with van der Waals surface area (Å²) >= 11 is 0. The molecule has 8 atom stereocenters. The average molecular weight is 618 g/mol. The van der Waals surface area contributed by atoms with Crippen LogP contribution in [0.25, 0.3) is 11.3 Å². The van der Waals surface area contributed by atoms with Crippen molar-refractivity contribution in [2.75, 3.05) is 20.3 Å². The van der Waals surface area contributed by atoms with Crippen molar-refractivity contribution in [1.82, 2.24) is 4.98 Å². The standard InChI is InChI=1S/C32H43NO11/c1-5-17-19(14-26(36)37)18(28(38)41-4)8-9-23(17)42-30-31(40)11-10-21-20-13-22(16(2)3)33-27(20)24(7-6-12-34)44-32(21,29(31)39)25(15-35)43-30/h5,8,13,16-17,19,23,25,29-30,33-35,39-40H,1,6-7,9-12,14-15H2,2-4H3,(H,36,37)/t17-,19+,23-,25-,29-,30-,31-,32-/m1/s1. The third-order valence-corrected chi connectivity index (χ3v) is 9.64. The van der Waals surface area contributed by atoms with Gasteiger partial charge in [0.2, 0.25) is 0 Å². The number of carbonyl (C=O) groups is 2. The number of esters is 1. The molecule has 44 heavy (non-hydrogen) atoms. The maximum atomic E-state index is 12.5. The number of hydrogen-bond donors (Lipinski definition) is 6. The van der Waals surface area contributed by atoms with Gasteiger partial charge in [-0.3, -0.25) is 4.79 Å². The number of aliphatic carboxylic acids is 1. The van der Waals surface area contributed by atoms with Gasteiger partial charge in [-0.25, -0.2) is 4.79 Å². The molecular weight excluding hydrogens is 574 g/mol. The van der Waals surface area contributed by atoms with Crippen LogP contribution in [0.3, 0.4) is 0 Å². The zero-order chi connectivity index (χ0) is 32.0. The largest absolute Gasteiger partial charge is 0.481 e. The lowest BCUT2D eigenvalue weighted by Gasteiger charge is -2.60. The predicted octanol–water partition coefficient (Wildman–Crippen LogP) is 0.323. The lowest BCUT2D eigenvalue weighted by Crippen LogP contribution is -2.78. The average Bonchev–Trinajstić information content (AvgIpc) is 3.45. The van der Waals surface area contributed by atoms with E-state index in [-0.39, 0.29) is 37.4 Å². The van der Waals surface area contributed by atoms with E-state index in [1.165, 1.54) is 13.2 Å². The first kappa shape index (κ1) is 32.4. The summed E-state index contributed by atoms with van der Waals surface area (Å²) in [5.41, 5.74) is -1.72. The zero-order valence-electron chi connectivity index (χ0n) is 25.3. The van der Waals surface area contributed by atoms with Gasteiger partial charge in [0.1, 0.15) is 23.6 Å². The molecular formula is C32H43NO11. The summed E-state index contributed by atoms with van der Waals surface area (Å²) in [6.45, 7) is 7.32. The van der Waals surface area contributed by atoms with Gasteiger partial charge in [-0.2, -0.15) is 0 Å².